The van der Waals surface area contributed by atoms with Crippen LogP contribution in [0.15, 0.2) is 48.5 Å². The molecule has 0 saturated heterocycles. The van der Waals surface area contributed by atoms with Crippen molar-refractivity contribution in [2.24, 2.45) is 11.7 Å². The van der Waals surface area contributed by atoms with Crippen molar-refractivity contribution in [3.05, 3.63) is 59.7 Å². The Morgan fingerprint density at radius 2 is 1.76 bits per heavy atom. The van der Waals surface area contributed by atoms with Crippen molar-refractivity contribution in [1.29, 1.82) is 5.26 Å². The number of benzene rings is 2. The van der Waals surface area contributed by atoms with Crippen LogP contribution in [0.5, 0.6) is 0 Å². The van der Waals surface area contributed by atoms with Crippen LogP contribution in [0.3, 0.4) is 0 Å². The quantitative estimate of drug-likeness (QED) is 0.510. The van der Waals surface area contributed by atoms with E-state index in [0.29, 0.717) is 29.5 Å². The summed E-state index contributed by atoms with van der Waals surface area (Å²) in [5.41, 5.74) is 2.87. The molecule has 3 N–H and O–H groups in total. The predicted molar refractivity (Wildman–Crippen MR) is 124 cm³/mol. The van der Waals surface area contributed by atoms with Crippen LogP contribution in [0.2, 0.25) is 0 Å². The summed E-state index contributed by atoms with van der Waals surface area (Å²) in [6, 6.07) is 14.9. The zero-order valence-electron chi connectivity index (χ0n) is 19.0. The third-order valence-electron chi connectivity index (χ3n) is 5.74. The lowest BCUT2D eigenvalue weighted by molar-refractivity contribution is -0.122. The van der Waals surface area contributed by atoms with E-state index in [4.69, 9.17) is 5.73 Å². The van der Waals surface area contributed by atoms with Gasteiger partial charge in [-0.25, -0.2) is 8.42 Å². The van der Waals surface area contributed by atoms with Gasteiger partial charge in [0, 0.05) is 12.6 Å². The third-order valence-corrected chi connectivity index (χ3v) is 7.70. The second-order valence-electron chi connectivity index (χ2n) is 8.15. The fourth-order valence-electron chi connectivity index (χ4n) is 3.66. The van der Waals surface area contributed by atoms with Gasteiger partial charge in [0.2, 0.25) is 5.91 Å². The first-order valence-corrected chi connectivity index (χ1v) is 12.4. The molecule has 6 nitrogen and oxygen atoms in total. The number of nitrogens with one attached hydrogen (secondary N) is 1. The van der Waals surface area contributed by atoms with Gasteiger partial charge in [-0.15, -0.1) is 0 Å². The van der Waals surface area contributed by atoms with E-state index in [9.17, 15) is 31.6 Å². The van der Waals surface area contributed by atoms with Crippen molar-refractivity contribution < 1.29 is 26.4 Å². The van der Waals surface area contributed by atoms with Crippen LogP contribution >= 0.6 is 0 Å². The molecule has 184 valence electrons. The van der Waals surface area contributed by atoms with Crippen LogP contribution < -0.4 is 11.1 Å². The van der Waals surface area contributed by atoms with Gasteiger partial charge in [-0.2, -0.15) is 18.4 Å². The maximum Gasteiger partial charge on any atom is 0.498 e. The first-order valence-electron chi connectivity index (χ1n) is 10.9. The summed E-state index contributed by atoms with van der Waals surface area (Å²) >= 11 is 0. The lowest BCUT2D eigenvalue weighted by Crippen LogP contribution is -2.52. The number of rotatable bonds is 10. The molecule has 0 aromatic heterocycles. The Hall–Kier alpha value is -2.90. The third kappa shape index (κ3) is 6.36. The molecule has 34 heavy (non-hydrogen) atoms. The van der Waals surface area contributed by atoms with Crippen LogP contribution in [0, 0.1) is 17.2 Å². The SMILES string of the molecule is CCCCC(N)C(C)C(C(=O)NCc1ccc(-c2ccccc2C#N)cc1)S(=O)(=O)C(F)(F)F. The van der Waals surface area contributed by atoms with Crippen molar-refractivity contribution in [3.63, 3.8) is 0 Å². The van der Waals surface area contributed by atoms with Gasteiger partial charge < -0.3 is 11.1 Å². The van der Waals surface area contributed by atoms with Crippen LogP contribution in [0.1, 0.15) is 44.2 Å². The maximum atomic E-state index is 13.3. The number of alkyl halides is 3. The number of amides is 1. The van der Waals surface area contributed by atoms with Crippen molar-refractivity contribution in [2.45, 2.75) is 56.5 Å². The highest BCUT2D eigenvalue weighted by molar-refractivity contribution is 7.93. The molecule has 3 unspecified atom stereocenters. The minimum absolute atomic E-state index is 0.167. The summed E-state index contributed by atoms with van der Waals surface area (Å²) in [6.07, 6.45) is 1.64. The molecule has 0 fully saturated rings. The van der Waals surface area contributed by atoms with Gasteiger partial charge >= 0.3 is 5.51 Å². The molecule has 0 heterocycles. The van der Waals surface area contributed by atoms with Gasteiger partial charge in [0.05, 0.1) is 11.6 Å². The average Bonchev–Trinajstić information content (AvgIpc) is 2.80. The molecular formula is C24H28F3N3O3S. The molecule has 0 radical (unpaired) electrons. The summed E-state index contributed by atoms with van der Waals surface area (Å²) in [4.78, 5) is 12.7. The fraction of sp³-hybridized carbons (Fsp3) is 0.417. The fourth-order valence-corrected chi connectivity index (χ4v) is 5.08. The highest BCUT2D eigenvalue weighted by Gasteiger charge is 2.55. The molecule has 1 amide bonds. The molecule has 3 atom stereocenters. The average molecular weight is 496 g/mol. The molecule has 0 aliphatic heterocycles. The monoisotopic (exact) mass is 495 g/mol. The molecule has 0 spiro atoms. The number of unbranched alkanes of at least 4 members (excludes halogenated alkanes) is 1. The number of hydrogen-bond donors (Lipinski definition) is 2. The van der Waals surface area contributed by atoms with Gasteiger partial charge in [-0.3, -0.25) is 4.79 Å². The Balaban J connectivity index is 2.21. The highest BCUT2D eigenvalue weighted by Crippen LogP contribution is 2.32. The zero-order valence-corrected chi connectivity index (χ0v) is 19.8. The molecule has 2 aromatic carbocycles. The number of carbonyl (C=O) groups excluding carboxylic acids is 1. The van der Waals surface area contributed by atoms with Gasteiger partial charge in [0.15, 0.2) is 5.25 Å². The minimum Gasteiger partial charge on any atom is -0.351 e. The number of nitrogens with two attached hydrogens (primary N) is 1. The van der Waals surface area contributed by atoms with Gasteiger partial charge in [0.1, 0.15) is 0 Å². The number of carbonyl (C=O) groups is 1. The normalized spacial score (nSPS) is 14.6. The molecule has 2 aromatic rings. The van der Waals surface area contributed by atoms with Crippen LogP contribution in [0.25, 0.3) is 11.1 Å². The minimum atomic E-state index is -5.78. The smallest absolute Gasteiger partial charge is 0.351 e. The van der Waals surface area contributed by atoms with Crippen molar-refractivity contribution in [2.75, 3.05) is 0 Å². The summed E-state index contributed by atoms with van der Waals surface area (Å²) in [6.45, 7) is 2.97. The molecule has 0 bridgehead atoms. The van der Waals surface area contributed by atoms with Crippen LogP contribution in [-0.2, 0) is 21.2 Å². The van der Waals surface area contributed by atoms with Crippen LogP contribution in [-0.4, -0.2) is 31.1 Å². The Bertz CT molecular complexity index is 1130. The van der Waals surface area contributed by atoms with E-state index in [-0.39, 0.29) is 6.54 Å². The number of nitrogens with zero attached hydrogens (tertiary/aromatic N) is 1. The lowest BCUT2D eigenvalue weighted by Gasteiger charge is -2.28. The van der Waals surface area contributed by atoms with E-state index in [1.807, 2.05) is 6.92 Å². The van der Waals surface area contributed by atoms with E-state index in [0.717, 1.165) is 12.0 Å². The maximum absolute atomic E-state index is 13.3. The number of halogens is 3. The van der Waals surface area contributed by atoms with Gasteiger partial charge in [-0.1, -0.05) is 69.2 Å². The molecule has 0 aliphatic carbocycles. The van der Waals surface area contributed by atoms with E-state index in [2.05, 4.69) is 11.4 Å². The summed E-state index contributed by atoms with van der Waals surface area (Å²) in [7, 11) is -5.78. The Morgan fingerprint density at radius 3 is 2.32 bits per heavy atom. The molecule has 0 aliphatic rings. The number of sulfone groups is 1. The zero-order chi connectivity index (χ0) is 25.5. The van der Waals surface area contributed by atoms with E-state index in [1.165, 1.54) is 6.92 Å². The molecule has 2 rings (SSSR count). The second kappa shape index (κ2) is 11.5. The second-order valence-corrected chi connectivity index (χ2v) is 10.2. The van der Waals surface area contributed by atoms with Gasteiger partial charge in [0.25, 0.3) is 9.84 Å². The van der Waals surface area contributed by atoms with E-state index >= 15 is 0 Å². The predicted octanol–water partition coefficient (Wildman–Crippen LogP) is 4.30. The summed E-state index contributed by atoms with van der Waals surface area (Å²) in [5, 5.41) is 9.23. The lowest BCUT2D eigenvalue weighted by atomic mass is 9.93. The van der Waals surface area contributed by atoms with Gasteiger partial charge in [-0.05, 0) is 35.1 Å². The summed E-state index contributed by atoms with van der Waals surface area (Å²) in [5.74, 6) is -2.47. The first kappa shape index (κ1) is 27.3. The van der Waals surface area contributed by atoms with E-state index in [1.54, 1.807) is 48.5 Å². The molecular weight excluding hydrogens is 467 g/mol. The topological polar surface area (TPSA) is 113 Å². The Morgan fingerprint density at radius 1 is 1.15 bits per heavy atom. The number of nitriles is 1. The van der Waals surface area contributed by atoms with Crippen molar-refractivity contribution >= 4 is 15.7 Å². The summed E-state index contributed by atoms with van der Waals surface area (Å²) < 4.78 is 64.4. The van der Waals surface area contributed by atoms with E-state index < -0.39 is 38.5 Å². The molecule has 0 saturated carbocycles. The Labute approximate surface area is 197 Å². The Kier molecular flexibility index (Phi) is 9.24. The molecule has 10 heteroatoms. The number of hydrogen-bond acceptors (Lipinski definition) is 5. The highest BCUT2D eigenvalue weighted by atomic mass is 32.2. The first-order chi connectivity index (χ1) is 15.9. The largest absolute Gasteiger partial charge is 0.498 e. The standard InChI is InChI=1S/C24H28F3N3O3S/c1-3-4-9-21(29)16(2)22(34(32,33)24(25,26)27)23(31)30-15-17-10-12-18(13-11-17)20-8-6-5-7-19(20)14-28/h5-8,10-13,16,21-22H,3-4,9,15,29H2,1-2H3,(H,30,31). The van der Waals surface area contributed by atoms with Crippen LogP contribution in [0.4, 0.5) is 13.2 Å². The van der Waals surface area contributed by atoms with Crippen molar-refractivity contribution in [3.8, 4) is 17.2 Å². The van der Waals surface area contributed by atoms with Crippen molar-refractivity contribution in [1.82, 2.24) is 5.32 Å².